The van der Waals surface area contributed by atoms with Gasteiger partial charge < -0.3 is 10.5 Å². The van der Waals surface area contributed by atoms with E-state index in [9.17, 15) is 17.2 Å². The molecule has 1 atom stereocenters. The predicted molar refractivity (Wildman–Crippen MR) is 90.5 cm³/mol. The van der Waals surface area contributed by atoms with E-state index in [0.717, 1.165) is 37.8 Å². The van der Waals surface area contributed by atoms with Crippen LogP contribution in [0.2, 0.25) is 5.02 Å². The maximum Gasteiger partial charge on any atom is 0.387 e. The molecule has 138 valence electrons. The molecule has 0 spiro atoms. The van der Waals surface area contributed by atoms with Crippen LogP contribution in [0.4, 0.5) is 8.78 Å². The number of benzene rings is 1. The zero-order valence-electron chi connectivity index (χ0n) is 12.8. The van der Waals surface area contributed by atoms with E-state index in [1.165, 1.54) is 6.07 Å². The van der Waals surface area contributed by atoms with Gasteiger partial charge in [0.05, 0.1) is 9.92 Å². The number of halogens is 4. The van der Waals surface area contributed by atoms with Crippen LogP contribution in [0.3, 0.4) is 0 Å². The molecule has 0 saturated heterocycles. The first-order valence-electron chi connectivity index (χ1n) is 7.30. The zero-order valence-corrected chi connectivity index (χ0v) is 15.1. The fourth-order valence-corrected chi connectivity index (χ4v) is 4.44. The van der Waals surface area contributed by atoms with E-state index in [4.69, 9.17) is 17.3 Å². The van der Waals surface area contributed by atoms with E-state index in [1.807, 2.05) is 0 Å². The summed E-state index contributed by atoms with van der Waals surface area (Å²) in [6, 6.07) is 3.02. The Balaban J connectivity index is 0.00000288. The highest BCUT2D eigenvalue weighted by atomic mass is 35.5. The van der Waals surface area contributed by atoms with Gasteiger partial charge in [-0.1, -0.05) is 24.4 Å². The number of hydrogen-bond donors (Lipinski definition) is 2. The fourth-order valence-electron chi connectivity index (χ4n) is 2.80. The summed E-state index contributed by atoms with van der Waals surface area (Å²) in [5.74, 6) is -0.0570. The van der Waals surface area contributed by atoms with Crippen LogP contribution in [0.15, 0.2) is 23.1 Å². The van der Waals surface area contributed by atoms with Gasteiger partial charge in [0.25, 0.3) is 0 Å². The summed E-state index contributed by atoms with van der Waals surface area (Å²) in [6.07, 6.45) is 4.00. The van der Waals surface area contributed by atoms with Crippen LogP contribution in [-0.2, 0) is 10.0 Å². The first-order valence-corrected chi connectivity index (χ1v) is 9.16. The van der Waals surface area contributed by atoms with Crippen LogP contribution < -0.4 is 15.2 Å². The van der Waals surface area contributed by atoms with Gasteiger partial charge in [0.2, 0.25) is 10.0 Å². The van der Waals surface area contributed by atoms with Crippen LogP contribution in [0.25, 0.3) is 0 Å². The minimum atomic E-state index is -3.83. The van der Waals surface area contributed by atoms with Gasteiger partial charge in [-0.15, -0.1) is 12.4 Å². The molecule has 1 aromatic carbocycles. The quantitative estimate of drug-likeness (QED) is 0.730. The van der Waals surface area contributed by atoms with Crippen LogP contribution >= 0.6 is 24.0 Å². The van der Waals surface area contributed by atoms with Gasteiger partial charge in [0.1, 0.15) is 5.75 Å². The number of ether oxygens (including phenoxy) is 1. The van der Waals surface area contributed by atoms with Crippen molar-refractivity contribution in [2.24, 2.45) is 11.7 Å². The Morgan fingerprint density at radius 3 is 2.46 bits per heavy atom. The number of nitrogens with one attached hydrogen (secondary N) is 1. The van der Waals surface area contributed by atoms with Crippen molar-refractivity contribution in [2.75, 3.05) is 6.54 Å². The lowest BCUT2D eigenvalue weighted by Gasteiger charge is -2.23. The van der Waals surface area contributed by atoms with Crippen molar-refractivity contribution in [3.63, 3.8) is 0 Å². The molecule has 2 rings (SSSR count). The van der Waals surface area contributed by atoms with Crippen molar-refractivity contribution in [1.29, 1.82) is 0 Å². The Labute approximate surface area is 151 Å². The molecule has 0 radical (unpaired) electrons. The predicted octanol–water partition coefficient (Wildman–Crippen LogP) is 3.16. The van der Waals surface area contributed by atoms with Gasteiger partial charge in [0, 0.05) is 12.6 Å². The SMILES string of the molecule is Cl.NCC(NS(=O)(=O)c1ccc(OC(F)F)c(Cl)c1)C1CCCC1. The average Bonchev–Trinajstić information content (AvgIpc) is 3.00. The molecular weight excluding hydrogens is 385 g/mol. The Morgan fingerprint density at radius 1 is 1.33 bits per heavy atom. The van der Waals surface area contributed by atoms with Gasteiger partial charge in [-0.3, -0.25) is 0 Å². The molecule has 1 aromatic rings. The second kappa shape index (κ2) is 9.15. The molecule has 1 saturated carbocycles. The largest absolute Gasteiger partial charge is 0.433 e. The highest BCUT2D eigenvalue weighted by molar-refractivity contribution is 7.89. The van der Waals surface area contributed by atoms with E-state index in [1.54, 1.807) is 0 Å². The number of alkyl halides is 2. The summed E-state index contributed by atoms with van der Waals surface area (Å²) in [5, 5.41) is -0.196. The normalized spacial score (nSPS) is 16.9. The van der Waals surface area contributed by atoms with Crippen LogP contribution in [-0.4, -0.2) is 27.6 Å². The molecule has 0 bridgehead atoms. The highest BCUT2D eigenvalue weighted by Crippen LogP contribution is 2.30. The summed E-state index contributed by atoms with van der Waals surface area (Å²) in [4.78, 5) is -0.111. The van der Waals surface area contributed by atoms with Gasteiger partial charge in [-0.25, -0.2) is 13.1 Å². The second-order valence-corrected chi connectivity index (χ2v) is 7.60. The maximum absolute atomic E-state index is 12.4. The molecule has 0 aliphatic heterocycles. The van der Waals surface area contributed by atoms with Gasteiger partial charge in [-0.2, -0.15) is 8.78 Å². The third-order valence-electron chi connectivity index (χ3n) is 3.96. The Kier molecular flexibility index (Phi) is 8.14. The van der Waals surface area contributed by atoms with Crippen LogP contribution in [0, 0.1) is 5.92 Å². The van der Waals surface area contributed by atoms with Crippen molar-refractivity contribution < 1.29 is 21.9 Å². The number of sulfonamides is 1. The lowest BCUT2D eigenvalue weighted by Crippen LogP contribution is -2.44. The average molecular weight is 405 g/mol. The van der Waals surface area contributed by atoms with Crippen LogP contribution in [0.5, 0.6) is 5.75 Å². The molecule has 1 unspecified atom stereocenters. The molecule has 0 heterocycles. The van der Waals surface area contributed by atoms with E-state index < -0.39 is 16.6 Å². The van der Waals surface area contributed by atoms with E-state index in [0.29, 0.717) is 0 Å². The monoisotopic (exact) mass is 404 g/mol. The Bertz CT molecular complexity index is 641. The minimum Gasteiger partial charge on any atom is -0.433 e. The fraction of sp³-hybridized carbons (Fsp3) is 0.571. The first-order chi connectivity index (χ1) is 10.8. The van der Waals surface area contributed by atoms with E-state index in [-0.39, 0.29) is 46.6 Å². The molecule has 1 aliphatic rings. The van der Waals surface area contributed by atoms with E-state index in [2.05, 4.69) is 9.46 Å². The van der Waals surface area contributed by atoms with Crippen molar-refractivity contribution >= 4 is 34.0 Å². The summed E-state index contributed by atoms with van der Waals surface area (Å²) < 4.78 is 56.0. The molecule has 3 N–H and O–H groups in total. The Morgan fingerprint density at radius 2 is 1.96 bits per heavy atom. The third kappa shape index (κ3) is 5.42. The molecule has 5 nitrogen and oxygen atoms in total. The molecule has 10 heteroatoms. The van der Waals surface area contributed by atoms with E-state index >= 15 is 0 Å². The molecule has 1 aliphatic carbocycles. The zero-order chi connectivity index (χ0) is 17.0. The summed E-state index contributed by atoms with van der Waals surface area (Å²) >= 11 is 5.80. The van der Waals surface area contributed by atoms with Crippen molar-refractivity contribution in [3.05, 3.63) is 23.2 Å². The third-order valence-corrected chi connectivity index (χ3v) is 5.74. The first kappa shape index (κ1) is 21.4. The van der Waals surface area contributed by atoms with Crippen LogP contribution in [0.1, 0.15) is 25.7 Å². The van der Waals surface area contributed by atoms with Gasteiger partial charge >= 0.3 is 6.61 Å². The lowest BCUT2D eigenvalue weighted by atomic mass is 9.99. The van der Waals surface area contributed by atoms with Gasteiger partial charge in [0.15, 0.2) is 0 Å². The Hall–Kier alpha value is -0.670. The van der Waals surface area contributed by atoms with Crippen molar-refractivity contribution in [1.82, 2.24) is 4.72 Å². The number of rotatable bonds is 7. The van der Waals surface area contributed by atoms with Crippen molar-refractivity contribution in [3.8, 4) is 5.75 Å². The lowest BCUT2D eigenvalue weighted by molar-refractivity contribution is -0.0498. The number of hydrogen-bond acceptors (Lipinski definition) is 4. The molecular formula is C14H20Cl2F2N2O3S. The minimum absolute atomic E-state index is 0. The molecule has 0 aromatic heterocycles. The smallest absolute Gasteiger partial charge is 0.387 e. The topological polar surface area (TPSA) is 81.4 Å². The second-order valence-electron chi connectivity index (χ2n) is 5.48. The molecule has 24 heavy (non-hydrogen) atoms. The van der Waals surface area contributed by atoms with Crippen molar-refractivity contribution in [2.45, 2.75) is 43.2 Å². The maximum atomic E-state index is 12.4. The number of nitrogens with two attached hydrogens (primary N) is 1. The summed E-state index contributed by atoms with van der Waals surface area (Å²) in [7, 11) is -3.83. The highest BCUT2D eigenvalue weighted by Gasteiger charge is 2.28. The summed E-state index contributed by atoms with van der Waals surface area (Å²) in [6.45, 7) is -2.83. The molecule has 1 fully saturated rings. The summed E-state index contributed by atoms with van der Waals surface area (Å²) in [5.41, 5.74) is 5.69. The standard InChI is InChI=1S/C14H19ClF2N2O3S.ClH/c15-11-7-10(5-6-13(11)22-14(16)17)23(20,21)19-12(8-18)9-3-1-2-4-9;/h5-7,9,12,14,19H,1-4,8,18H2;1H. The van der Waals surface area contributed by atoms with Gasteiger partial charge in [-0.05, 0) is 37.0 Å². The molecule has 0 amide bonds.